The summed E-state index contributed by atoms with van der Waals surface area (Å²) in [5.74, 6) is 4.02. The molecular weight excluding hydrogens is 400 g/mol. The van der Waals surface area contributed by atoms with E-state index < -0.39 is 0 Å². The van der Waals surface area contributed by atoms with Crippen molar-refractivity contribution in [1.82, 2.24) is 0 Å². The topological polar surface area (TPSA) is 36.9 Å². The van der Waals surface area contributed by atoms with Crippen molar-refractivity contribution in [3.8, 4) is 0 Å². The summed E-state index contributed by atoms with van der Waals surface area (Å²) in [6.07, 6.45) is 0. The third-order valence-electron chi connectivity index (χ3n) is 3.12. The molecule has 0 rings (SSSR count). The number of rotatable bonds is 14. The molecule has 0 amide bonds. The Morgan fingerprint density at radius 2 is 0.469 bits per heavy atom. The van der Waals surface area contributed by atoms with Crippen molar-refractivity contribution in [3.63, 3.8) is 0 Å². The Kier molecular flexibility index (Phi) is 37.7. The average molecular weight is 465 g/mol. The summed E-state index contributed by atoms with van der Waals surface area (Å²) < 4.78 is 20.9. The minimum absolute atomic E-state index is 0.670. The lowest BCUT2D eigenvalue weighted by Crippen LogP contribution is -2.07. The molecule has 0 aliphatic heterocycles. The number of hydrogen-bond acceptors (Lipinski definition) is 4. The van der Waals surface area contributed by atoms with Crippen LogP contribution in [0.5, 0.6) is 0 Å². The Morgan fingerprint density at radius 3 is 0.531 bits per heavy atom. The molecule has 0 aromatic rings. The van der Waals surface area contributed by atoms with E-state index in [1.165, 1.54) is 0 Å². The lowest BCUT2D eigenvalue weighted by molar-refractivity contribution is 0.0886. The third kappa shape index (κ3) is 63.1. The Hall–Kier alpha value is -0.160. The summed E-state index contributed by atoms with van der Waals surface area (Å²) in [5, 5.41) is 0. The van der Waals surface area contributed by atoms with Crippen LogP contribution in [0, 0.1) is 35.5 Å². The van der Waals surface area contributed by atoms with Gasteiger partial charge in [-0.15, -0.1) is 0 Å². The molecule has 0 N–H and O–H groups in total. The molecule has 200 valence electrons. The van der Waals surface area contributed by atoms with Crippen LogP contribution in [0.2, 0.25) is 0 Å². The first kappa shape index (κ1) is 39.1. The highest BCUT2D eigenvalue weighted by Crippen LogP contribution is 1.98. The van der Waals surface area contributed by atoms with Crippen LogP contribution in [-0.4, -0.2) is 52.9 Å². The molecule has 0 aromatic heterocycles. The minimum Gasteiger partial charge on any atom is -0.382 e. The Bertz CT molecular complexity index is 231. The van der Waals surface area contributed by atoms with Crippen LogP contribution >= 0.6 is 0 Å². The van der Waals surface area contributed by atoms with Gasteiger partial charge in [0.2, 0.25) is 0 Å². The standard InChI is InChI=1S/3C8H18O.C4H10O/c3*1-7(2)5-9-6-8(3)4;1-3-5-4-2/h3*7-8H,5-6H2,1-4H3;3-4H2,1-2H3. The van der Waals surface area contributed by atoms with E-state index in [4.69, 9.17) is 18.9 Å². The van der Waals surface area contributed by atoms with E-state index in [0.717, 1.165) is 52.9 Å². The zero-order chi connectivity index (χ0) is 25.9. The molecule has 4 nitrogen and oxygen atoms in total. The summed E-state index contributed by atoms with van der Waals surface area (Å²) >= 11 is 0. The summed E-state index contributed by atoms with van der Waals surface area (Å²) in [6, 6.07) is 0. The molecule has 0 saturated carbocycles. The van der Waals surface area contributed by atoms with Gasteiger partial charge in [-0.1, -0.05) is 83.1 Å². The van der Waals surface area contributed by atoms with Crippen LogP contribution in [-0.2, 0) is 18.9 Å². The normalized spacial score (nSPS) is 10.9. The van der Waals surface area contributed by atoms with E-state index in [2.05, 4.69) is 83.1 Å². The van der Waals surface area contributed by atoms with Crippen LogP contribution in [0.3, 0.4) is 0 Å². The van der Waals surface area contributed by atoms with Crippen LogP contribution in [0.4, 0.5) is 0 Å². The molecule has 32 heavy (non-hydrogen) atoms. The summed E-state index contributed by atoms with van der Waals surface area (Å²) in [5.41, 5.74) is 0. The second kappa shape index (κ2) is 30.8. The quantitative estimate of drug-likeness (QED) is 0.261. The predicted molar refractivity (Wildman–Crippen MR) is 144 cm³/mol. The van der Waals surface area contributed by atoms with E-state index in [-0.39, 0.29) is 0 Å². The van der Waals surface area contributed by atoms with Crippen LogP contribution in [0.25, 0.3) is 0 Å². The smallest absolute Gasteiger partial charge is 0.0489 e. The fraction of sp³-hybridized carbons (Fsp3) is 1.00. The second-order valence-corrected chi connectivity index (χ2v) is 10.8. The van der Waals surface area contributed by atoms with E-state index in [1.807, 2.05) is 13.8 Å². The van der Waals surface area contributed by atoms with Crippen LogP contribution < -0.4 is 0 Å². The van der Waals surface area contributed by atoms with E-state index >= 15 is 0 Å². The van der Waals surface area contributed by atoms with Gasteiger partial charge in [-0.05, 0) is 49.4 Å². The largest absolute Gasteiger partial charge is 0.382 e. The van der Waals surface area contributed by atoms with Gasteiger partial charge in [0, 0.05) is 52.9 Å². The van der Waals surface area contributed by atoms with Gasteiger partial charge in [-0.3, -0.25) is 0 Å². The molecule has 0 aromatic carbocycles. The number of ether oxygens (including phenoxy) is 4. The molecule has 0 radical (unpaired) electrons. The minimum atomic E-state index is 0.670. The molecule has 0 saturated heterocycles. The van der Waals surface area contributed by atoms with Gasteiger partial charge in [-0.2, -0.15) is 0 Å². The zero-order valence-corrected chi connectivity index (χ0v) is 24.8. The highest BCUT2D eigenvalue weighted by atomic mass is 16.5. The fourth-order valence-corrected chi connectivity index (χ4v) is 1.82. The SMILES string of the molecule is CC(C)COCC(C)C.CC(C)COCC(C)C.CC(C)COCC(C)C.CCOCC. The summed E-state index contributed by atoms with van der Waals surface area (Å²) in [7, 11) is 0. The van der Waals surface area contributed by atoms with E-state index in [9.17, 15) is 0 Å². The molecule has 0 aliphatic rings. The highest BCUT2D eigenvalue weighted by Gasteiger charge is 1.96. The first-order valence-corrected chi connectivity index (χ1v) is 13.1. The maximum Gasteiger partial charge on any atom is 0.0489 e. The molecule has 0 bridgehead atoms. The monoisotopic (exact) mass is 464 g/mol. The van der Waals surface area contributed by atoms with Crippen molar-refractivity contribution in [1.29, 1.82) is 0 Å². The molecule has 0 atom stereocenters. The molecule has 4 heteroatoms. The zero-order valence-electron chi connectivity index (χ0n) is 24.8. The first-order chi connectivity index (χ1) is 14.8. The molecule has 0 fully saturated rings. The second-order valence-electron chi connectivity index (χ2n) is 10.8. The van der Waals surface area contributed by atoms with Crippen molar-refractivity contribution < 1.29 is 18.9 Å². The average Bonchev–Trinajstić information content (AvgIpc) is 2.62. The summed E-state index contributed by atoms with van der Waals surface area (Å²) in [6.45, 7) is 37.1. The van der Waals surface area contributed by atoms with Gasteiger partial charge in [0.05, 0.1) is 0 Å². The Morgan fingerprint density at radius 1 is 0.312 bits per heavy atom. The maximum absolute atomic E-state index is 5.36. The number of hydrogen-bond donors (Lipinski definition) is 0. The van der Waals surface area contributed by atoms with Crippen molar-refractivity contribution in [3.05, 3.63) is 0 Å². The lowest BCUT2D eigenvalue weighted by atomic mass is 10.2. The van der Waals surface area contributed by atoms with Crippen molar-refractivity contribution >= 4 is 0 Å². The first-order valence-electron chi connectivity index (χ1n) is 13.1. The fourth-order valence-electron chi connectivity index (χ4n) is 1.82. The molecule has 0 heterocycles. The van der Waals surface area contributed by atoms with Gasteiger partial charge in [0.15, 0.2) is 0 Å². The van der Waals surface area contributed by atoms with Gasteiger partial charge in [-0.25, -0.2) is 0 Å². The van der Waals surface area contributed by atoms with Crippen molar-refractivity contribution in [2.75, 3.05) is 52.9 Å². The van der Waals surface area contributed by atoms with Crippen molar-refractivity contribution in [2.45, 2.75) is 96.9 Å². The van der Waals surface area contributed by atoms with Gasteiger partial charge in [0.1, 0.15) is 0 Å². The third-order valence-corrected chi connectivity index (χ3v) is 3.12. The van der Waals surface area contributed by atoms with Crippen LogP contribution in [0.1, 0.15) is 96.9 Å². The summed E-state index contributed by atoms with van der Waals surface area (Å²) in [4.78, 5) is 0. The predicted octanol–water partition coefficient (Wildman–Crippen LogP) is 7.99. The molecule has 0 spiro atoms. The lowest BCUT2D eigenvalue weighted by Gasteiger charge is -2.07. The molecular formula is C28H64O4. The van der Waals surface area contributed by atoms with Crippen molar-refractivity contribution in [2.24, 2.45) is 35.5 Å². The highest BCUT2D eigenvalue weighted by molar-refractivity contribution is 4.44. The van der Waals surface area contributed by atoms with E-state index in [1.54, 1.807) is 0 Å². The Balaban J connectivity index is -0.000000167. The van der Waals surface area contributed by atoms with Gasteiger partial charge in [0.25, 0.3) is 0 Å². The van der Waals surface area contributed by atoms with E-state index in [0.29, 0.717) is 35.5 Å². The Labute approximate surface area is 204 Å². The van der Waals surface area contributed by atoms with Gasteiger partial charge < -0.3 is 18.9 Å². The molecule has 0 aliphatic carbocycles. The molecule has 0 unspecified atom stereocenters. The maximum atomic E-state index is 5.36. The van der Waals surface area contributed by atoms with Crippen LogP contribution in [0.15, 0.2) is 0 Å². The van der Waals surface area contributed by atoms with Gasteiger partial charge >= 0.3 is 0 Å².